The third kappa shape index (κ3) is 20.8. The van der Waals surface area contributed by atoms with Gasteiger partial charge in [-0.1, -0.05) is 34.9 Å². The van der Waals surface area contributed by atoms with E-state index in [1.165, 1.54) is 42.4 Å². The van der Waals surface area contributed by atoms with Crippen LogP contribution in [0.5, 0.6) is 0 Å². The number of rotatable bonds is 0. The van der Waals surface area contributed by atoms with Crippen molar-refractivity contribution in [3.05, 3.63) is 175 Å². The fraction of sp³-hybridized carbons (Fsp3) is 0.268. The largest absolute Gasteiger partial charge is 2.00 e. The van der Waals surface area contributed by atoms with Gasteiger partial charge in [0.15, 0.2) is 0 Å². The van der Waals surface area contributed by atoms with Gasteiger partial charge in [-0.15, -0.1) is 24.3 Å². The second kappa shape index (κ2) is 30.7. The number of hydrogen-bond donors (Lipinski definition) is 0. The summed E-state index contributed by atoms with van der Waals surface area (Å²) in [5, 5.41) is 0. The van der Waals surface area contributed by atoms with Crippen LogP contribution in [0.2, 0.25) is 0 Å². The first-order chi connectivity index (χ1) is 29.3. The predicted octanol–water partition coefficient (Wildman–Crippen LogP) is 12.9. The molecule has 364 valence electrons. The Labute approximate surface area is 377 Å². The van der Waals surface area contributed by atoms with Crippen molar-refractivity contribution < 1.29 is 130 Å². The zero-order valence-electron chi connectivity index (χ0n) is 32.9. The van der Waals surface area contributed by atoms with E-state index in [4.69, 9.17) is 9.47 Å². The first-order valence-corrected chi connectivity index (χ1v) is 17.2. The minimum atomic E-state index is -2.17. The summed E-state index contributed by atoms with van der Waals surface area (Å²) < 4.78 is 249. The molecule has 0 unspecified atom stereocenters. The molecule has 5 aromatic rings. The molecule has 0 atom stereocenters. The van der Waals surface area contributed by atoms with Gasteiger partial charge >= 0.3 is 33.0 Å². The van der Waals surface area contributed by atoms with E-state index < -0.39 is 116 Å². The molecule has 0 aromatic heterocycles. The first kappa shape index (κ1) is 62.7. The summed E-state index contributed by atoms with van der Waals surface area (Å²) in [6, 6.07) is 10.7. The zero-order valence-corrected chi connectivity index (χ0v) is 34.9. The van der Waals surface area contributed by atoms with E-state index in [2.05, 4.69) is 39.0 Å². The minimum absolute atomic E-state index is 0. The van der Waals surface area contributed by atoms with Crippen LogP contribution in [-0.4, -0.2) is 26.4 Å². The summed E-state index contributed by atoms with van der Waals surface area (Å²) in [5.74, 6) is -40.2. The maximum Gasteiger partial charge on any atom is 2.00 e. The Kier molecular flexibility index (Phi) is 29.7. The Morgan fingerprint density at radius 1 is 0.277 bits per heavy atom. The van der Waals surface area contributed by atoms with E-state index >= 15 is 0 Å². The van der Waals surface area contributed by atoms with Gasteiger partial charge in [-0.25, -0.2) is 52.7 Å². The zero-order chi connectivity index (χ0) is 48.3. The van der Waals surface area contributed by atoms with Crippen molar-refractivity contribution in [2.24, 2.45) is 0 Å². The van der Waals surface area contributed by atoms with Crippen molar-refractivity contribution in [2.75, 3.05) is 26.4 Å². The Bertz CT molecular complexity index is 1850. The third-order valence-corrected chi connectivity index (χ3v) is 6.98. The van der Waals surface area contributed by atoms with E-state index in [9.17, 15) is 87.8 Å². The second-order valence-corrected chi connectivity index (χ2v) is 12.1. The molecular formula is C41H28F20Ni2O2. The molecule has 2 saturated heterocycles. The van der Waals surface area contributed by atoms with Gasteiger partial charge in [-0.3, -0.25) is 35.1 Å². The monoisotopic (exact) mass is 1050 g/mol. The molecule has 0 amide bonds. The molecule has 0 aliphatic carbocycles. The molecule has 0 saturated carbocycles. The van der Waals surface area contributed by atoms with Crippen LogP contribution in [0.15, 0.2) is 18.2 Å². The van der Waals surface area contributed by atoms with E-state index in [-0.39, 0.29) is 33.0 Å². The molecule has 65 heavy (non-hydrogen) atoms. The number of ether oxygens (including phenoxy) is 2. The van der Waals surface area contributed by atoms with Crippen molar-refractivity contribution in [2.45, 2.75) is 46.5 Å². The van der Waals surface area contributed by atoms with Crippen molar-refractivity contribution in [1.29, 1.82) is 0 Å². The first-order valence-electron chi connectivity index (χ1n) is 17.2. The molecule has 2 heterocycles. The number of benzene rings is 5. The van der Waals surface area contributed by atoms with Gasteiger partial charge in [-0.05, 0) is 46.5 Å². The van der Waals surface area contributed by atoms with E-state index in [0.717, 1.165) is 50.7 Å². The minimum Gasteiger partial charge on any atom is -0.381 e. The van der Waals surface area contributed by atoms with Gasteiger partial charge in [0.1, 0.15) is 0 Å². The Morgan fingerprint density at radius 3 is 0.523 bits per heavy atom. The molecule has 0 N–H and O–H groups in total. The van der Waals surface area contributed by atoms with Crippen LogP contribution in [0, 0.1) is 161 Å². The van der Waals surface area contributed by atoms with Crippen molar-refractivity contribution in [3.63, 3.8) is 0 Å². The predicted molar refractivity (Wildman–Crippen MR) is 181 cm³/mol. The van der Waals surface area contributed by atoms with Crippen molar-refractivity contribution >= 4 is 0 Å². The Hall–Kier alpha value is -4.39. The molecule has 2 aliphatic heterocycles. The maximum absolute atomic E-state index is 12.0. The summed E-state index contributed by atoms with van der Waals surface area (Å²) in [6.07, 6.45) is 5.11. The van der Waals surface area contributed by atoms with Gasteiger partial charge < -0.3 is 9.47 Å². The average molecular weight is 1050 g/mol. The smallest absolute Gasteiger partial charge is 0.381 e. The van der Waals surface area contributed by atoms with E-state index in [0.29, 0.717) is 0 Å². The molecule has 7 rings (SSSR count). The molecule has 2 nitrogen and oxygen atoms in total. The Morgan fingerprint density at radius 2 is 0.415 bits per heavy atom. The molecule has 2 aliphatic rings. The van der Waals surface area contributed by atoms with E-state index in [1.807, 2.05) is 0 Å². The van der Waals surface area contributed by atoms with Gasteiger partial charge in [-0.2, -0.15) is 0 Å². The molecule has 0 bridgehead atoms. The number of aryl methyl sites for hydroxylation is 3. The van der Waals surface area contributed by atoms with Crippen LogP contribution < -0.4 is 0 Å². The summed E-state index contributed by atoms with van der Waals surface area (Å²) in [5.41, 5.74) is 4.06. The third-order valence-electron chi connectivity index (χ3n) is 6.98. The van der Waals surface area contributed by atoms with Crippen molar-refractivity contribution in [1.82, 2.24) is 0 Å². The van der Waals surface area contributed by atoms with E-state index in [1.54, 1.807) is 0 Å². The van der Waals surface area contributed by atoms with Crippen LogP contribution in [0.4, 0.5) is 87.8 Å². The van der Waals surface area contributed by atoms with Crippen LogP contribution in [0.1, 0.15) is 42.4 Å². The average Bonchev–Trinajstić information content (AvgIpc) is 4.02. The molecule has 24 heteroatoms. The fourth-order valence-electron chi connectivity index (χ4n) is 4.20. The van der Waals surface area contributed by atoms with Crippen LogP contribution in [0.3, 0.4) is 0 Å². The summed E-state index contributed by atoms with van der Waals surface area (Å²) >= 11 is 0. The molecular weight excluding hydrogens is 1020 g/mol. The molecule has 0 spiro atoms. The van der Waals surface area contributed by atoms with Crippen molar-refractivity contribution in [3.8, 4) is 0 Å². The van der Waals surface area contributed by atoms with Crippen LogP contribution in [0.25, 0.3) is 0 Å². The summed E-state index contributed by atoms with van der Waals surface area (Å²) in [6.45, 7) is 10.4. The topological polar surface area (TPSA) is 18.5 Å². The molecule has 0 radical (unpaired) electrons. The normalized spacial score (nSPS) is 12.0. The molecule has 5 aromatic carbocycles. The molecule has 2 fully saturated rings. The van der Waals surface area contributed by atoms with Gasteiger partial charge in [0.2, 0.25) is 0 Å². The summed E-state index contributed by atoms with van der Waals surface area (Å²) in [4.78, 5) is 0. The summed E-state index contributed by atoms with van der Waals surface area (Å²) in [7, 11) is 0. The second-order valence-electron chi connectivity index (χ2n) is 12.1. The van der Waals surface area contributed by atoms with Gasteiger partial charge in [0, 0.05) is 26.4 Å². The standard InChI is InChI=1S/C9H12.4C6F5.2C4H8O.2Ni/c1-7-4-8(2)6-9(3)5-7;4*7-2-1-3(8)5(10)6(11)4(2)9;2*1-2-4-5-3-1;;/h4-6H,1-3H3;;;;;2*1-4H2;;/q;4*-1;;;2*+2. The quantitative estimate of drug-likeness (QED) is 0.0506. The maximum atomic E-state index is 12.0. The van der Waals surface area contributed by atoms with Gasteiger partial charge in [0.25, 0.3) is 0 Å². The van der Waals surface area contributed by atoms with Crippen LogP contribution in [-0.2, 0) is 42.5 Å². The Balaban J connectivity index is 0. The number of hydrogen-bond acceptors (Lipinski definition) is 2. The van der Waals surface area contributed by atoms with Gasteiger partial charge in [0.05, 0.1) is 116 Å². The van der Waals surface area contributed by atoms with Crippen LogP contribution >= 0.6 is 0 Å². The SMILES string of the molecule is C1CCOC1.C1CCOC1.Cc1cc(C)cc(C)c1.Fc1[c-]c(F)c(F)c(F)c1F.Fc1[c-]c(F)c(F)c(F)c1F.Fc1[c-]c(F)c(F)c(F)c1F.Fc1[c-]c(F)c(F)c(F)c1F.[Ni+2].[Ni+2]. The number of halogens is 20. The fourth-order valence-corrected chi connectivity index (χ4v) is 4.20.